The van der Waals surface area contributed by atoms with Crippen molar-refractivity contribution in [2.45, 2.75) is 26.4 Å². The summed E-state index contributed by atoms with van der Waals surface area (Å²) in [6, 6.07) is 9.95. The quantitative estimate of drug-likeness (QED) is 0.545. The van der Waals surface area contributed by atoms with Gasteiger partial charge in [-0.25, -0.2) is 9.78 Å². The summed E-state index contributed by atoms with van der Waals surface area (Å²) in [6.45, 7) is 6.36. The molecule has 0 radical (unpaired) electrons. The lowest BCUT2D eigenvalue weighted by molar-refractivity contribution is 0.0529. The van der Waals surface area contributed by atoms with Crippen LogP contribution >= 0.6 is 23.6 Å². The molecule has 0 spiro atoms. The van der Waals surface area contributed by atoms with E-state index in [1.54, 1.807) is 0 Å². The second-order valence-electron chi connectivity index (χ2n) is 6.21. The van der Waals surface area contributed by atoms with Gasteiger partial charge in [-0.1, -0.05) is 30.3 Å². The second kappa shape index (κ2) is 8.77. The van der Waals surface area contributed by atoms with Crippen LogP contribution in [0.25, 0.3) is 11.3 Å². The molecule has 0 aliphatic rings. The monoisotopic (exact) mass is 378 g/mol. The Morgan fingerprint density at radius 2 is 1.88 bits per heavy atom. The molecule has 0 saturated heterocycles. The molecule has 6 nitrogen and oxygen atoms in total. The molecule has 0 bridgehead atoms. The van der Waals surface area contributed by atoms with E-state index in [-0.39, 0.29) is 0 Å². The molecule has 134 valence electrons. The Bertz CT molecular complexity index is 711. The summed E-state index contributed by atoms with van der Waals surface area (Å²) >= 11 is 6.71. The second-order valence-corrected chi connectivity index (χ2v) is 7.48. The summed E-state index contributed by atoms with van der Waals surface area (Å²) in [5, 5.41) is 11.9. The zero-order valence-corrected chi connectivity index (χ0v) is 16.1. The van der Waals surface area contributed by atoms with Crippen molar-refractivity contribution in [3.05, 3.63) is 35.7 Å². The van der Waals surface area contributed by atoms with Gasteiger partial charge < -0.3 is 20.7 Å². The average molecular weight is 379 g/mol. The molecule has 1 aromatic heterocycles. The molecule has 3 N–H and O–H groups in total. The Balaban J connectivity index is 1.71. The summed E-state index contributed by atoms with van der Waals surface area (Å²) in [4.78, 5) is 16.0. The highest BCUT2D eigenvalue weighted by Gasteiger charge is 2.15. The van der Waals surface area contributed by atoms with Crippen molar-refractivity contribution in [2.75, 3.05) is 18.4 Å². The maximum atomic E-state index is 11.5. The third kappa shape index (κ3) is 7.06. The van der Waals surface area contributed by atoms with Crippen molar-refractivity contribution in [3.63, 3.8) is 0 Å². The number of alkyl carbamates (subject to hydrolysis) is 1. The van der Waals surface area contributed by atoms with Crippen LogP contribution in [0.4, 0.5) is 9.93 Å². The van der Waals surface area contributed by atoms with Gasteiger partial charge in [-0.05, 0) is 33.0 Å². The molecule has 8 heteroatoms. The topological polar surface area (TPSA) is 75.3 Å². The predicted octanol–water partition coefficient (Wildman–Crippen LogP) is 3.62. The van der Waals surface area contributed by atoms with Gasteiger partial charge in [0.1, 0.15) is 5.60 Å². The van der Waals surface area contributed by atoms with E-state index in [1.165, 1.54) is 11.3 Å². The Morgan fingerprint density at radius 3 is 2.56 bits per heavy atom. The van der Waals surface area contributed by atoms with E-state index in [2.05, 4.69) is 20.9 Å². The van der Waals surface area contributed by atoms with Crippen LogP contribution in [0.15, 0.2) is 35.7 Å². The number of hydrogen-bond acceptors (Lipinski definition) is 5. The molecule has 0 atom stereocenters. The van der Waals surface area contributed by atoms with Crippen molar-refractivity contribution in [2.24, 2.45) is 0 Å². The maximum absolute atomic E-state index is 11.5. The molecule has 0 aliphatic heterocycles. The summed E-state index contributed by atoms with van der Waals surface area (Å²) in [7, 11) is 0. The first-order valence-corrected chi connectivity index (χ1v) is 9.15. The van der Waals surface area contributed by atoms with Crippen molar-refractivity contribution >= 4 is 39.9 Å². The fraction of sp³-hybridized carbons (Fsp3) is 0.353. The number of thiocarbonyl (C=S) groups is 1. The number of aromatic nitrogens is 1. The molecule has 1 aromatic carbocycles. The molecule has 2 rings (SSSR count). The number of carbonyl (C=O) groups is 1. The zero-order chi connectivity index (χ0) is 18.3. The Kier molecular flexibility index (Phi) is 6.72. The number of rotatable bonds is 5. The van der Waals surface area contributed by atoms with Crippen LogP contribution in [0.2, 0.25) is 0 Å². The van der Waals surface area contributed by atoms with Crippen LogP contribution in [0, 0.1) is 0 Å². The van der Waals surface area contributed by atoms with Crippen LogP contribution < -0.4 is 16.0 Å². The van der Waals surface area contributed by atoms with Gasteiger partial charge in [-0.15, -0.1) is 11.3 Å². The lowest BCUT2D eigenvalue weighted by Crippen LogP contribution is -2.39. The van der Waals surface area contributed by atoms with Gasteiger partial charge in [0, 0.05) is 24.0 Å². The van der Waals surface area contributed by atoms with Gasteiger partial charge in [0.15, 0.2) is 10.2 Å². The minimum absolute atomic E-state index is 0.407. The SMILES string of the molecule is CC(C)(C)OC(=O)NCCNC(=S)Nc1nc(-c2ccccc2)cs1. The number of thiazole rings is 1. The number of amides is 1. The van der Waals surface area contributed by atoms with Gasteiger partial charge >= 0.3 is 6.09 Å². The molecule has 2 aromatic rings. The van der Waals surface area contributed by atoms with E-state index >= 15 is 0 Å². The lowest BCUT2D eigenvalue weighted by atomic mass is 10.2. The first kappa shape index (κ1) is 19.1. The van der Waals surface area contributed by atoms with Crippen molar-refractivity contribution in [3.8, 4) is 11.3 Å². The molecule has 1 heterocycles. The number of benzene rings is 1. The fourth-order valence-electron chi connectivity index (χ4n) is 1.87. The molecule has 0 unspecified atom stereocenters. The summed E-state index contributed by atoms with van der Waals surface area (Å²) in [5.41, 5.74) is 1.46. The van der Waals surface area contributed by atoms with E-state index in [0.717, 1.165) is 16.4 Å². The normalized spacial score (nSPS) is 10.8. The highest BCUT2D eigenvalue weighted by Crippen LogP contribution is 2.24. The van der Waals surface area contributed by atoms with E-state index in [0.29, 0.717) is 18.2 Å². The summed E-state index contributed by atoms with van der Waals surface area (Å²) in [6.07, 6.45) is -0.444. The van der Waals surface area contributed by atoms with Gasteiger partial charge in [-0.3, -0.25) is 0 Å². The minimum atomic E-state index is -0.504. The highest BCUT2D eigenvalue weighted by atomic mass is 32.1. The maximum Gasteiger partial charge on any atom is 0.407 e. The van der Waals surface area contributed by atoms with Crippen LogP contribution in [-0.2, 0) is 4.74 Å². The first-order chi connectivity index (χ1) is 11.8. The average Bonchev–Trinajstić information content (AvgIpc) is 2.99. The van der Waals surface area contributed by atoms with Gasteiger partial charge in [0.05, 0.1) is 5.69 Å². The van der Waals surface area contributed by atoms with Crippen molar-refractivity contribution < 1.29 is 9.53 Å². The third-order valence-corrected chi connectivity index (χ3v) is 3.88. The Morgan fingerprint density at radius 1 is 1.20 bits per heavy atom. The predicted molar refractivity (Wildman–Crippen MR) is 106 cm³/mol. The van der Waals surface area contributed by atoms with E-state index in [1.807, 2.05) is 56.5 Å². The summed E-state index contributed by atoms with van der Waals surface area (Å²) < 4.78 is 5.15. The molecule has 0 fully saturated rings. The minimum Gasteiger partial charge on any atom is -0.444 e. The highest BCUT2D eigenvalue weighted by molar-refractivity contribution is 7.80. The standard InChI is InChI=1S/C17H22N4O2S2/c1-17(2,3)23-16(22)19-10-9-18-14(24)21-15-20-13(11-25-15)12-7-5-4-6-8-12/h4-8,11H,9-10H2,1-3H3,(H,19,22)(H2,18,20,21,24). The largest absolute Gasteiger partial charge is 0.444 e. The van der Waals surface area contributed by atoms with E-state index < -0.39 is 11.7 Å². The van der Waals surface area contributed by atoms with E-state index in [4.69, 9.17) is 17.0 Å². The van der Waals surface area contributed by atoms with Crippen LogP contribution in [0.1, 0.15) is 20.8 Å². The van der Waals surface area contributed by atoms with Gasteiger partial charge in [0.2, 0.25) is 0 Å². The van der Waals surface area contributed by atoms with Crippen molar-refractivity contribution in [1.29, 1.82) is 0 Å². The fourth-order valence-corrected chi connectivity index (χ4v) is 2.86. The third-order valence-electron chi connectivity index (χ3n) is 2.87. The van der Waals surface area contributed by atoms with Crippen molar-refractivity contribution in [1.82, 2.24) is 15.6 Å². The number of nitrogens with zero attached hydrogens (tertiary/aromatic N) is 1. The molecule has 1 amide bonds. The van der Waals surface area contributed by atoms with Gasteiger partial charge in [-0.2, -0.15) is 0 Å². The zero-order valence-electron chi connectivity index (χ0n) is 14.5. The number of carbonyl (C=O) groups excluding carboxylic acids is 1. The smallest absolute Gasteiger partial charge is 0.407 e. The summed E-state index contributed by atoms with van der Waals surface area (Å²) in [5.74, 6) is 0. The van der Waals surface area contributed by atoms with Gasteiger partial charge in [0.25, 0.3) is 0 Å². The van der Waals surface area contributed by atoms with Crippen LogP contribution in [0.5, 0.6) is 0 Å². The first-order valence-electron chi connectivity index (χ1n) is 7.86. The Hall–Kier alpha value is -2.19. The number of nitrogens with one attached hydrogen (secondary N) is 3. The van der Waals surface area contributed by atoms with Crippen LogP contribution in [0.3, 0.4) is 0 Å². The number of hydrogen-bond donors (Lipinski definition) is 3. The van der Waals surface area contributed by atoms with E-state index in [9.17, 15) is 4.79 Å². The molecule has 25 heavy (non-hydrogen) atoms. The molecular weight excluding hydrogens is 356 g/mol. The molecule has 0 aliphatic carbocycles. The number of ether oxygens (including phenoxy) is 1. The Labute approximate surface area is 157 Å². The number of anilines is 1. The lowest BCUT2D eigenvalue weighted by Gasteiger charge is -2.19. The molecule has 0 saturated carbocycles. The molecular formula is C17H22N4O2S2. The van der Waals surface area contributed by atoms with Crippen LogP contribution in [-0.4, -0.2) is 34.9 Å².